The van der Waals surface area contributed by atoms with E-state index < -0.39 is 0 Å². The van der Waals surface area contributed by atoms with E-state index in [1.165, 1.54) is 0 Å². The minimum atomic E-state index is -0.101. The van der Waals surface area contributed by atoms with Gasteiger partial charge in [-0.15, -0.1) is 11.3 Å². The third-order valence-corrected chi connectivity index (χ3v) is 6.15. The summed E-state index contributed by atoms with van der Waals surface area (Å²) in [5.74, 6) is -0.124. The van der Waals surface area contributed by atoms with Crippen LogP contribution < -0.4 is 0 Å². The van der Waals surface area contributed by atoms with E-state index in [1.807, 2.05) is 89.2 Å². The molecule has 0 atom stereocenters. The Bertz CT molecular complexity index is 1010. The highest BCUT2D eigenvalue weighted by molar-refractivity contribution is 7.09. The molecule has 0 radical (unpaired) electrons. The Morgan fingerprint density at radius 1 is 0.903 bits per heavy atom. The minimum Gasteiger partial charge on any atom is -0.332 e. The zero-order valence-corrected chi connectivity index (χ0v) is 18.2. The number of hydrogen-bond acceptors (Lipinski definition) is 3. The van der Waals surface area contributed by atoms with Crippen LogP contribution in [0.15, 0.2) is 84.3 Å². The molecule has 3 aromatic rings. The normalized spacial score (nSPS) is 13.3. The number of nitrogens with zero attached hydrogens (tertiary/aromatic N) is 2. The lowest BCUT2D eigenvalue weighted by molar-refractivity contribution is -0.139. The van der Waals surface area contributed by atoms with E-state index in [1.54, 1.807) is 22.3 Å². The topological polar surface area (TPSA) is 40.6 Å². The lowest BCUT2D eigenvalue weighted by atomic mass is 10.2. The van der Waals surface area contributed by atoms with Gasteiger partial charge in [0.2, 0.25) is 11.8 Å². The fourth-order valence-electron chi connectivity index (χ4n) is 3.47. The largest absolute Gasteiger partial charge is 0.332 e. The molecule has 31 heavy (non-hydrogen) atoms. The molecule has 158 valence electrons. The number of carbonyl (C=O) groups is 2. The predicted molar refractivity (Wildman–Crippen MR) is 125 cm³/mol. The summed E-state index contributed by atoms with van der Waals surface area (Å²) >= 11 is 1.64. The van der Waals surface area contributed by atoms with Crippen LogP contribution >= 0.6 is 11.3 Å². The molecule has 1 aromatic heterocycles. The Kier molecular flexibility index (Phi) is 6.95. The van der Waals surface area contributed by atoms with Crippen molar-refractivity contribution in [3.8, 4) is 0 Å². The second-order valence-corrected chi connectivity index (χ2v) is 8.79. The monoisotopic (exact) mass is 430 g/mol. The molecule has 0 aliphatic heterocycles. The van der Waals surface area contributed by atoms with Crippen molar-refractivity contribution in [2.24, 2.45) is 0 Å². The van der Waals surface area contributed by atoms with Gasteiger partial charge in [-0.25, -0.2) is 0 Å². The molecular formula is C26H26N2O2S. The number of carbonyl (C=O) groups excluding carboxylic acids is 2. The van der Waals surface area contributed by atoms with Crippen LogP contribution in [0.1, 0.15) is 28.8 Å². The van der Waals surface area contributed by atoms with Crippen LogP contribution in [0.4, 0.5) is 0 Å². The van der Waals surface area contributed by atoms with Crippen LogP contribution in [0, 0.1) is 0 Å². The van der Waals surface area contributed by atoms with Crippen molar-refractivity contribution in [3.63, 3.8) is 0 Å². The van der Waals surface area contributed by atoms with Gasteiger partial charge in [0.25, 0.3) is 0 Å². The number of benzene rings is 2. The molecule has 0 saturated heterocycles. The molecule has 0 spiro atoms. The fourth-order valence-corrected chi connectivity index (χ4v) is 4.19. The van der Waals surface area contributed by atoms with Crippen LogP contribution in [0.25, 0.3) is 6.08 Å². The first-order chi connectivity index (χ1) is 15.2. The van der Waals surface area contributed by atoms with Crippen molar-refractivity contribution in [2.45, 2.75) is 32.0 Å². The van der Waals surface area contributed by atoms with Crippen molar-refractivity contribution >= 4 is 29.2 Å². The summed E-state index contributed by atoms with van der Waals surface area (Å²) in [5.41, 5.74) is 2.06. The molecule has 4 nitrogen and oxygen atoms in total. The number of hydrogen-bond donors (Lipinski definition) is 0. The summed E-state index contributed by atoms with van der Waals surface area (Å²) in [7, 11) is 0. The molecule has 1 fully saturated rings. The predicted octanol–water partition coefficient (Wildman–Crippen LogP) is 4.98. The van der Waals surface area contributed by atoms with Crippen molar-refractivity contribution in [1.82, 2.24) is 9.80 Å². The molecule has 0 N–H and O–H groups in total. The first-order valence-electron chi connectivity index (χ1n) is 10.6. The molecule has 1 aliphatic carbocycles. The standard InChI is InChI=1S/C26H26N2O2S/c29-25(16-13-21-8-3-1-4-9-21)28(23-14-15-23)20-26(30)27(19-24-12-7-17-31-24)18-22-10-5-2-6-11-22/h1-13,16-17,23H,14-15,18-20H2. The van der Waals surface area contributed by atoms with E-state index in [0.717, 1.165) is 28.8 Å². The number of amides is 2. The van der Waals surface area contributed by atoms with E-state index in [9.17, 15) is 9.59 Å². The van der Waals surface area contributed by atoms with Gasteiger partial charge in [-0.05, 0) is 41.5 Å². The lowest BCUT2D eigenvalue weighted by Gasteiger charge is -2.27. The third-order valence-electron chi connectivity index (χ3n) is 5.29. The maximum Gasteiger partial charge on any atom is 0.247 e. The quantitative estimate of drug-likeness (QED) is 0.449. The molecule has 2 aromatic carbocycles. The summed E-state index contributed by atoms with van der Waals surface area (Å²) in [4.78, 5) is 30.9. The highest BCUT2D eigenvalue weighted by atomic mass is 32.1. The van der Waals surface area contributed by atoms with Crippen LogP contribution in [0.5, 0.6) is 0 Å². The maximum atomic E-state index is 13.3. The minimum absolute atomic E-state index is 0.0226. The maximum absolute atomic E-state index is 13.3. The van der Waals surface area contributed by atoms with E-state index in [4.69, 9.17) is 0 Å². The molecule has 1 saturated carbocycles. The Labute approximate surface area is 187 Å². The molecule has 0 unspecified atom stereocenters. The molecule has 1 heterocycles. The zero-order valence-electron chi connectivity index (χ0n) is 17.4. The molecule has 2 amide bonds. The zero-order chi connectivity index (χ0) is 21.5. The van der Waals surface area contributed by atoms with E-state index in [-0.39, 0.29) is 24.4 Å². The molecule has 0 bridgehead atoms. The number of rotatable bonds is 9. The van der Waals surface area contributed by atoms with Gasteiger partial charge in [-0.1, -0.05) is 66.7 Å². The van der Waals surface area contributed by atoms with E-state index in [0.29, 0.717) is 13.1 Å². The smallest absolute Gasteiger partial charge is 0.247 e. The molecule has 5 heteroatoms. The van der Waals surface area contributed by atoms with Crippen molar-refractivity contribution in [2.75, 3.05) is 6.54 Å². The first kappa shape index (κ1) is 21.1. The van der Waals surface area contributed by atoms with Crippen LogP contribution in [0.2, 0.25) is 0 Å². The summed E-state index contributed by atoms with van der Waals surface area (Å²) in [6.07, 6.45) is 5.32. The SMILES string of the molecule is O=C(CN(C(=O)C=Cc1ccccc1)C1CC1)N(Cc1ccccc1)Cc1cccs1. The Morgan fingerprint density at radius 3 is 2.26 bits per heavy atom. The van der Waals surface area contributed by atoms with Gasteiger partial charge in [-0.3, -0.25) is 9.59 Å². The van der Waals surface area contributed by atoms with E-state index in [2.05, 4.69) is 0 Å². The molecule has 4 rings (SSSR count). The Hall–Kier alpha value is -3.18. The van der Waals surface area contributed by atoms with Crippen molar-refractivity contribution in [1.29, 1.82) is 0 Å². The van der Waals surface area contributed by atoms with Crippen molar-refractivity contribution < 1.29 is 9.59 Å². The van der Waals surface area contributed by atoms with Crippen LogP contribution in [-0.2, 0) is 22.7 Å². The lowest BCUT2D eigenvalue weighted by Crippen LogP contribution is -2.43. The van der Waals surface area contributed by atoms with Gasteiger partial charge in [0, 0.05) is 23.5 Å². The van der Waals surface area contributed by atoms with Gasteiger partial charge >= 0.3 is 0 Å². The second-order valence-electron chi connectivity index (χ2n) is 7.76. The van der Waals surface area contributed by atoms with Gasteiger partial charge in [0.05, 0.1) is 6.54 Å². The summed E-state index contributed by atoms with van der Waals surface area (Å²) in [6.45, 7) is 1.20. The van der Waals surface area contributed by atoms with Crippen LogP contribution in [0.3, 0.4) is 0 Å². The Balaban J connectivity index is 1.46. The van der Waals surface area contributed by atoms with Gasteiger partial charge in [0.1, 0.15) is 6.54 Å². The third kappa shape index (κ3) is 6.15. The van der Waals surface area contributed by atoms with E-state index >= 15 is 0 Å². The molecular weight excluding hydrogens is 404 g/mol. The van der Waals surface area contributed by atoms with Gasteiger partial charge < -0.3 is 9.80 Å². The van der Waals surface area contributed by atoms with Gasteiger partial charge in [-0.2, -0.15) is 0 Å². The molecule has 1 aliphatic rings. The average Bonchev–Trinajstić information content (AvgIpc) is 3.52. The van der Waals surface area contributed by atoms with Crippen LogP contribution in [-0.4, -0.2) is 34.2 Å². The average molecular weight is 431 g/mol. The number of thiophene rings is 1. The highest BCUT2D eigenvalue weighted by Gasteiger charge is 2.34. The highest BCUT2D eigenvalue weighted by Crippen LogP contribution is 2.27. The van der Waals surface area contributed by atoms with Crippen molar-refractivity contribution in [3.05, 3.63) is 100 Å². The summed E-state index contributed by atoms with van der Waals surface area (Å²) < 4.78 is 0. The second kappa shape index (κ2) is 10.2. The summed E-state index contributed by atoms with van der Waals surface area (Å²) in [5, 5.41) is 2.02. The first-order valence-corrected chi connectivity index (χ1v) is 11.4. The summed E-state index contributed by atoms with van der Waals surface area (Å²) in [6, 6.07) is 24.0. The Morgan fingerprint density at radius 2 is 1.61 bits per heavy atom. The fraction of sp³-hybridized carbons (Fsp3) is 0.231. The van der Waals surface area contributed by atoms with Gasteiger partial charge in [0.15, 0.2) is 0 Å².